The van der Waals surface area contributed by atoms with Crippen LogP contribution in [0.25, 0.3) is 0 Å². The summed E-state index contributed by atoms with van der Waals surface area (Å²) in [5.41, 5.74) is 1.90. The first kappa shape index (κ1) is 15.0. The van der Waals surface area contributed by atoms with Gasteiger partial charge in [-0.3, -0.25) is 0 Å². The molecule has 0 saturated carbocycles. The van der Waals surface area contributed by atoms with Gasteiger partial charge in [-0.15, -0.1) is 0 Å². The lowest BCUT2D eigenvalue weighted by Gasteiger charge is -2.15. The topological polar surface area (TPSA) is 57.6 Å². The molecule has 1 unspecified atom stereocenters. The number of nitrogens with zero attached hydrogens (tertiary/aromatic N) is 1. The van der Waals surface area contributed by atoms with E-state index < -0.39 is 15.9 Å². The maximum Gasteiger partial charge on any atom is 0.147 e. The molecule has 1 rings (SSSR count). The predicted octanol–water partition coefficient (Wildman–Crippen LogP) is 1.61. The molecule has 1 aromatic rings. The Bertz CT molecular complexity index is 466. The standard InChI is InChI=1S/C13H21NO3S/c1-14(2)12-8-6-11(7-9-12)13(15)5-4-10-18(3,16)17/h6-9,13,15H,4-5,10H2,1-3H3. The number of rotatable bonds is 6. The van der Waals surface area contributed by atoms with Crippen LogP contribution in [0.2, 0.25) is 0 Å². The zero-order chi connectivity index (χ0) is 13.8. The number of hydrogen-bond acceptors (Lipinski definition) is 4. The lowest BCUT2D eigenvalue weighted by molar-refractivity contribution is 0.167. The van der Waals surface area contributed by atoms with Crippen molar-refractivity contribution >= 4 is 15.5 Å². The van der Waals surface area contributed by atoms with Crippen molar-refractivity contribution in [1.29, 1.82) is 0 Å². The summed E-state index contributed by atoms with van der Waals surface area (Å²) in [7, 11) is 0.974. The van der Waals surface area contributed by atoms with Crippen LogP contribution in [0.15, 0.2) is 24.3 Å². The molecule has 0 aliphatic carbocycles. The van der Waals surface area contributed by atoms with Crippen molar-refractivity contribution in [3.8, 4) is 0 Å². The minimum Gasteiger partial charge on any atom is -0.388 e. The highest BCUT2D eigenvalue weighted by molar-refractivity contribution is 7.90. The van der Waals surface area contributed by atoms with Crippen LogP contribution >= 0.6 is 0 Å². The number of sulfone groups is 1. The van der Waals surface area contributed by atoms with Gasteiger partial charge in [-0.2, -0.15) is 0 Å². The molecular formula is C13H21NO3S. The van der Waals surface area contributed by atoms with Crippen molar-refractivity contribution < 1.29 is 13.5 Å². The van der Waals surface area contributed by atoms with Crippen LogP contribution in [0.3, 0.4) is 0 Å². The number of aliphatic hydroxyl groups is 1. The maximum absolute atomic E-state index is 11.0. The van der Waals surface area contributed by atoms with Crippen molar-refractivity contribution in [3.05, 3.63) is 29.8 Å². The normalized spacial score (nSPS) is 13.3. The molecule has 1 aromatic carbocycles. The second-order valence-corrected chi connectivity index (χ2v) is 7.03. The number of benzene rings is 1. The van der Waals surface area contributed by atoms with E-state index in [1.54, 1.807) is 0 Å². The Morgan fingerprint density at radius 3 is 2.22 bits per heavy atom. The lowest BCUT2D eigenvalue weighted by atomic mass is 10.0. The molecule has 1 atom stereocenters. The Kier molecular flexibility index (Phi) is 5.16. The molecular weight excluding hydrogens is 250 g/mol. The van der Waals surface area contributed by atoms with E-state index in [1.807, 2.05) is 43.3 Å². The van der Waals surface area contributed by atoms with E-state index in [9.17, 15) is 13.5 Å². The Hall–Kier alpha value is -1.07. The van der Waals surface area contributed by atoms with Gasteiger partial charge < -0.3 is 10.0 Å². The van der Waals surface area contributed by atoms with Gasteiger partial charge in [-0.1, -0.05) is 12.1 Å². The number of anilines is 1. The fourth-order valence-corrected chi connectivity index (χ4v) is 2.39. The third kappa shape index (κ3) is 5.06. The fourth-order valence-electron chi connectivity index (χ4n) is 1.70. The molecule has 0 aliphatic rings. The fraction of sp³-hybridized carbons (Fsp3) is 0.538. The monoisotopic (exact) mass is 271 g/mol. The van der Waals surface area contributed by atoms with Gasteiger partial charge in [0.25, 0.3) is 0 Å². The van der Waals surface area contributed by atoms with Crippen molar-refractivity contribution in [2.45, 2.75) is 18.9 Å². The van der Waals surface area contributed by atoms with Crippen LogP contribution in [0.4, 0.5) is 5.69 Å². The molecule has 5 heteroatoms. The Morgan fingerprint density at radius 1 is 1.22 bits per heavy atom. The molecule has 4 nitrogen and oxygen atoms in total. The summed E-state index contributed by atoms with van der Waals surface area (Å²) < 4.78 is 22.0. The molecule has 0 radical (unpaired) electrons. The molecule has 0 aliphatic heterocycles. The second-order valence-electron chi connectivity index (χ2n) is 4.77. The van der Waals surface area contributed by atoms with E-state index in [1.165, 1.54) is 6.26 Å². The quantitative estimate of drug-likeness (QED) is 0.854. The van der Waals surface area contributed by atoms with Crippen molar-refractivity contribution in [2.24, 2.45) is 0 Å². The van der Waals surface area contributed by atoms with E-state index in [2.05, 4.69) is 0 Å². The van der Waals surface area contributed by atoms with Crippen LogP contribution in [-0.4, -0.2) is 39.6 Å². The molecule has 1 N–H and O–H groups in total. The van der Waals surface area contributed by atoms with Crippen LogP contribution < -0.4 is 4.90 Å². The Labute approximate surface area is 109 Å². The molecule has 0 fully saturated rings. The molecule has 0 saturated heterocycles. The first-order valence-corrected chi connectivity index (χ1v) is 7.99. The van der Waals surface area contributed by atoms with Gasteiger partial charge in [-0.25, -0.2) is 8.42 Å². The van der Waals surface area contributed by atoms with E-state index in [0.717, 1.165) is 11.3 Å². The maximum atomic E-state index is 11.0. The first-order valence-electron chi connectivity index (χ1n) is 5.92. The molecule has 0 amide bonds. The Balaban J connectivity index is 2.54. The largest absolute Gasteiger partial charge is 0.388 e. The number of aliphatic hydroxyl groups excluding tert-OH is 1. The molecule has 0 heterocycles. The van der Waals surface area contributed by atoms with Gasteiger partial charge in [0.1, 0.15) is 9.84 Å². The molecule has 0 aromatic heterocycles. The van der Waals surface area contributed by atoms with Gasteiger partial charge in [0.2, 0.25) is 0 Å². The van der Waals surface area contributed by atoms with Crippen molar-refractivity contribution in [3.63, 3.8) is 0 Å². The van der Waals surface area contributed by atoms with E-state index >= 15 is 0 Å². The van der Waals surface area contributed by atoms with Gasteiger partial charge in [-0.05, 0) is 30.5 Å². The second kappa shape index (κ2) is 6.20. The summed E-state index contributed by atoms with van der Waals surface area (Å²) in [6, 6.07) is 7.63. The van der Waals surface area contributed by atoms with E-state index in [-0.39, 0.29) is 5.75 Å². The average Bonchev–Trinajstić information content (AvgIpc) is 2.27. The minimum absolute atomic E-state index is 0.125. The first-order chi connectivity index (χ1) is 8.29. The third-order valence-electron chi connectivity index (χ3n) is 2.79. The predicted molar refractivity (Wildman–Crippen MR) is 74.7 cm³/mol. The lowest BCUT2D eigenvalue weighted by Crippen LogP contribution is -2.09. The van der Waals surface area contributed by atoms with Crippen LogP contribution in [0, 0.1) is 0 Å². The third-order valence-corrected chi connectivity index (χ3v) is 3.82. The summed E-state index contributed by atoms with van der Waals surface area (Å²) in [6.07, 6.45) is 1.57. The van der Waals surface area contributed by atoms with Crippen LogP contribution in [-0.2, 0) is 9.84 Å². The summed E-state index contributed by atoms with van der Waals surface area (Å²) >= 11 is 0. The highest BCUT2D eigenvalue weighted by atomic mass is 32.2. The number of hydrogen-bond donors (Lipinski definition) is 1. The van der Waals surface area contributed by atoms with Crippen LogP contribution in [0.5, 0.6) is 0 Å². The van der Waals surface area contributed by atoms with Gasteiger partial charge in [0.15, 0.2) is 0 Å². The zero-order valence-corrected chi connectivity index (χ0v) is 11.9. The van der Waals surface area contributed by atoms with E-state index in [0.29, 0.717) is 12.8 Å². The summed E-state index contributed by atoms with van der Waals surface area (Å²) in [6.45, 7) is 0. The molecule has 0 bridgehead atoms. The van der Waals surface area contributed by atoms with Gasteiger partial charge in [0.05, 0.1) is 6.10 Å². The molecule has 102 valence electrons. The van der Waals surface area contributed by atoms with E-state index in [4.69, 9.17) is 0 Å². The summed E-state index contributed by atoms with van der Waals surface area (Å²) in [5.74, 6) is 0.125. The van der Waals surface area contributed by atoms with Crippen molar-refractivity contribution in [2.75, 3.05) is 31.0 Å². The zero-order valence-electron chi connectivity index (χ0n) is 11.1. The van der Waals surface area contributed by atoms with Gasteiger partial charge >= 0.3 is 0 Å². The molecule has 0 spiro atoms. The van der Waals surface area contributed by atoms with Gasteiger partial charge in [0, 0.05) is 31.8 Å². The summed E-state index contributed by atoms with van der Waals surface area (Å²) in [4.78, 5) is 1.99. The summed E-state index contributed by atoms with van der Waals surface area (Å²) in [5, 5.41) is 9.94. The Morgan fingerprint density at radius 2 is 1.78 bits per heavy atom. The highest BCUT2D eigenvalue weighted by Crippen LogP contribution is 2.21. The average molecular weight is 271 g/mol. The van der Waals surface area contributed by atoms with Crippen LogP contribution in [0.1, 0.15) is 24.5 Å². The van der Waals surface area contributed by atoms with Crippen molar-refractivity contribution in [1.82, 2.24) is 0 Å². The molecule has 18 heavy (non-hydrogen) atoms. The highest BCUT2D eigenvalue weighted by Gasteiger charge is 2.09. The SMILES string of the molecule is CN(C)c1ccc(C(O)CCCS(C)(=O)=O)cc1. The smallest absolute Gasteiger partial charge is 0.147 e. The minimum atomic E-state index is -2.94.